The summed E-state index contributed by atoms with van der Waals surface area (Å²) in [6.07, 6.45) is 7.17. The molecular formula is C20H16N8O. The van der Waals surface area contributed by atoms with Gasteiger partial charge in [-0.25, -0.2) is 14.5 Å². The van der Waals surface area contributed by atoms with E-state index >= 15 is 0 Å². The fraction of sp³-hybridized carbons (Fsp3) is 0.200. The van der Waals surface area contributed by atoms with E-state index in [9.17, 15) is 10.1 Å². The van der Waals surface area contributed by atoms with Gasteiger partial charge in [0.15, 0.2) is 11.5 Å². The van der Waals surface area contributed by atoms with Crippen molar-refractivity contribution in [3.63, 3.8) is 0 Å². The largest absolute Gasteiger partial charge is 0.322 e. The van der Waals surface area contributed by atoms with Crippen molar-refractivity contribution >= 4 is 17.2 Å². The second kappa shape index (κ2) is 6.53. The molecule has 5 rings (SSSR count). The Bertz CT molecular complexity index is 1290. The maximum atomic E-state index is 12.9. The molecule has 0 radical (unpaired) electrons. The average Bonchev–Trinajstić information content (AvgIpc) is 3.35. The van der Waals surface area contributed by atoms with E-state index in [-0.39, 0.29) is 5.91 Å². The molecule has 29 heavy (non-hydrogen) atoms. The summed E-state index contributed by atoms with van der Waals surface area (Å²) in [5.41, 5.74) is 3.42. The summed E-state index contributed by atoms with van der Waals surface area (Å²) >= 11 is 0. The third-order valence-electron chi connectivity index (χ3n) is 4.81. The topological polar surface area (TPSA) is 114 Å². The van der Waals surface area contributed by atoms with Crippen molar-refractivity contribution in [3.05, 3.63) is 59.8 Å². The van der Waals surface area contributed by atoms with E-state index in [0.717, 1.165) is 18.5 Å². The fourth-order valence-corrected chi connectivity index (χ4v) is 3.21. The molecule has 1 fully saturated rings. The lowest BCUT2D eigenvalue weighted by molar-refractivity contribution is 0.102. The van der Waals surface area contributed by atoms with Crippen molar-refractivity contribution in [3.8, 4) is 17.5 Å². The number of aryl methyl sites for hydroxylation is 1. The summed E-state index contributed by atoms with van der Waals surface area (Å²) in [6, 6.07) is 9.09. The number of amides is 1. The van der Waals surface area contributed by atoms with Gasteiger partial charge in [0, 0.05) is 36.1 Å². The lowest BCUT2D eigenvalue weighted by Crippen LogP contribution is -2.12. The number of carbonyl (C=O) groups excluding carboxylic acids is 1. The smallest absolute Gasteiger partial charge is 0.261 e. The second-order valence-corrected chi connectivity index (χ2v) is 7.06. The Kier molecular flexibility index (Phi) is 3.84. The van der Waals surface area contributed by atoms with Gasteiger partial charge in [-0.2, -0.15) is 15.5 Å². The highest BCUT2D eigenvalue weighted by atomic mass is 16.1. The van der Waals surface area contributed by atoms with Gasteiger partial charge in [-0.1, -0.05) is 0 Å². The molecule has 1 amide bonds. The molecule has 0 aliphatic heterocycles. The highest BCUT2D eigenvalue weighted by Gasteiger charge is 2.26. The van der Waals surface area contributed by atoms with Crippen molar-refractivity contribution in [1.82, 2.24) is 29.4 Å². The van der Waals surface area contributed by atoms with Gasteiger partial charge in [-0.3, -0.25) is 9.48 Å². The molecule has 3 aromatic heterocycles. The maximum Gasteiger partial charge on any atom is 0.261 e. The molecule has 0 spiro atoms. The van der Waals surface area contributed by atoms with Crippen LogP contribution in [-0.2, 0) is 7.05 Å². The number of rotatable bonds is 4. The van der Waals surface area contributed by atoms with Gasteiger partial charge in [0.1, 0.15) is 11.9 Å². The van der Waals surface area contributed by atoms with Crippen LogP contribution in [0.4, 0.5) is 5.69 Å². The van der Waals surface area contributed by atoms with Gasteiger partial charge in [0.25, 0.3) is 5.91 Å². The van der Waals surface area contributed by atoms with Crippen LogP contribution >= 0.6 is 0 Å². The van der Waals surface area contributed by atoms with Crippen molar-refractivity contribution in [2.45, 2.75) is 18.8 Å². The van der Waals surface area contributed by atoms with Crippen LogP contribution in [0.3, 0.4) is 0 Å². The lowest BCUT2D eigenvalue weighted by atomic mass is 10.1. The van der Waals surface area contributed by atoms with Gasteiger partial charge in [-0.05, 0) is 37.1 Å². The normalized spacial score (nSPS) is 13.4. The van der Waals surface area contributed by atoms with Crippen LogP contribution in [0.5, 0.6) is 0 Å². The second-order valence-electron chi connectivity index (χ2n) is 7.06. The van der Waals surface area contributed by atoms with E-state index in [1.165, 1.54) is 6.20 Å². The molecule has 1 aliphatic carbocycles. The average molecular weight is 384 g/mol. The Labute approximate surface area is 165 Å². The first-order valence-corrected chi connectivity index (χ1v) is 9.17. The minimum absolute atomic E-state index is 0.338. The van der Waals surface area contributed by atoms with Crippen molar-refractivity contribution in [2.75, 3.05) is 5.32 Å². The van der Waals surface area contributed by atoms with E-state index in [1.54, 1.807) is 40.8 Å². The first-order chi connectivity index (χ1) is 14.1. The Hall–Kier alpha value is -4.06. The number of carbonyl (C=O) groups is 1. The van der Waals surface area contributed by atoms with Crippen molar-refractivity contribution in [1.29, 1.82) is 5.26 Å². The molecule has 3 heterocycles. The van der Waals surface area contributed by atoms with Crippen LogP contribution in [0.25, 0.3) is 17.0 Å². The zero-order chi connectivity index (χ0) is 20.0. The van der Waals surface area contributed by atoms with Gasteiger partial charge in [0.05, 0.1) is 17.8 Å². The minimum atomic E-state index is -0.338. The monoisotopic (exact) mass is 384 g/mol. The Morgan fingerprint density at radius 3 is 2.90 bits per heavy atom. The maximum absolute atomic E-state index is 12.9. The molecule has 1 aliphatic rings. The molecule has 0 bridgehead atoms. The summed E-state index contributed by atoms with van der Waals surface area (Å²) in [5.74, 6) is 0.619. The molecule has 1 saturated carbocycles. The molecular weight excluding hydrogens is 368 g/mol. The standard InChI is InChI=1S/C20H16N8O/c1-27-11-22-18(26-27)14-6-12(9-21)7-15(8-14)24-20(29)16-10-23-28-5-4-17(13-2-3-13)25-19(16)28/h4-8,10-11,13H,2-3H2,1H3,(H,24,29). The third kappa shape index (κ3) is 3.21. The number of hydrogen-bond donors (Lipinski definition) is 1. The predicted octanol–water partition coefficient (Wildman–Crippen LogP) is 2.53. The predicted molar refractivity (Wildman–Crippen MR) is 104 cm³/mol. The fourth-order valence-electron chi connectivity index (χ4n) is 3.21. The number of nitriles is 1. The quantitative estimate of drug-likeness (QED) is 0.578. The van der Waals surface area contributed by atoms with E-state index in [1.807, 2.05) is 12.3 Å². The zero-order valence-corrected chi connectivity index (χ0v) is 15.6. The summed E-state index contributed by atoms with van der Waals surface area (Å²) in [5, 5.41) is 20.7. The Morgan fingerprint density at radius 1 is 1.31 bits per heavy atom. The number of anilines is 1. The van der Waals surface area contributed by atoms with Crippen LogP contribution in [0.15, 0.2) is 43.0 Å². The molecule has 0 unspecified atom stereocenters. The van der Waals surface area contributed by atoms with Crippen LogP contribution in [0.2, 0.25) is 0 Å². The number of benzene rings is 1. The molecule has 9 nitrogen and oxygen atoms in total. The highest BCUT2D eigenvalue weighted by Crippen LogP contribution is 2.39. The number of hydrogen-bond acceptors (Lipinski definition) is 6. The van der Waals surface area contributed by atoms with Crippen LogP contribution in [-0.4, -0.2) is 35.3 Å². The molecule has 1 aromatic carbocycles. The van der Waals surface area contributed by atoms with Crippen LogP contribution in [0, 0.1) is 11.3 Å². The Balaban J connectivity index is 1.48. The van der Waals surface area contributed by atoms with Crippen LogP contribution < -0.4 is 5.32 Å². The van der Waals surface area contributed by atoms with Gasteiger partial charge < -0.3 is 5.32 Å². The lowest BCUT2D eigenvalue weighted by Gasteiger charge is -2.07. The summed E-state index contributed by atoms with van der Waals surface area (Å²) in [7, 11) is 1.77. The number of aromatic nitrogens is 6. The van der Waals surface area contributed by atoms with E-state index in [0.29, 0.717) is 39.8 Å². The zero-order valence-electron chi connectivity index (χ0n) is 15.6. The molecule has 0 saturated heterocycles. The Morgan fingerprint density at radius 2 is 2.17 bits per heavy atom. The van der Waals surface area contributed by atoms with Gasteiger partial charge in [-0.15, -0.1) is 0 Å². The molecule has 1 N–H and O–H groups in total. The first-order valence-electron chi connectivity index (χ1n) is 9.17. The molecule has 4 aromatic rings. The SMILES string of the molecule is Cn1cnc(-c2cc(C#N)cc(NC(=O)c3cnn4ccc(C5CC5)nc34)c2)n1. The summed E-state index contributed by atoms with van der Waals surface area (Å²) in [6.45, 7) is 0. The van der Waals surface area contributed by atoms with Crippen LogP contribution in [0.1, 0.15) is 40.4 Å². The van der Waals surface area contributed by atoms with Gasteiger partial charge in [0.2, 0.25) is 0 Å². The minimum Gasteiger partial charge on any atom is -0.322 e. The number of nitrogens with zero attached hydrogens (tertiary/aromatic N) is 7. The number of fused-ring (bicyclic) bond motifs is 1. The van der Waals surface area contributed by atoms with E-state index in [4.69, 9.17) is 0 Å². The highest BCUT2D eigenvalue weighted by molar-refractivity contribution is 6.08. The van der Waals surface area contributed by atoms with E-state index < -0.39 is 0 Å². The third-order valence-corrected chi connectivity index (χ3v) is 4.81. The number of nitrogens with one attached hydrogen (secondary N) is 1. The summed E-state index contributed by atoms with van der Waals surface area (Å²) in [4.78, 5) is 21.8. The summed E-state index contributed by atoms with van der Waals surface area (Å²) < 4.78 is 3.17. The van der Waals surface area contributed by atoms with E-state index in [2.05, 4.69) is 31.6 Å². The molecule has 9 heteroatoms. The molecule has 0 atom stereocenters. The van der Waals surface area contributed by atoms with Crippen molar-refractivity contribution in [2.24, 2.45) is 7.05 Å². The van der Waals surface area contributed by atoms with Gasteiger partial charge >= 0.3 is 0 Å². The molecule has 142 valence electrons. The van der Waals surface area contributed by atoms with Crippen molar-refractivity contribution < 1.29 is 4.79 Å². The first kappa shape index (κ1) is 17.1.